The highest BCUT2D eigenvalue weighted by Gasteiger charge is 2.02. The predicted octanol–water partition coefficient (Wildman–Crippen LogP) is 4.32. The maximum Gasteiger partial charge on any atom is 0.234 e. The standard InChI is InChI=1S/C15H14BrNOS/c16-13-8-6-12(7-9-13)10-19-11-15(18)17-14-4-2-1-3-5-14/h1-9H,10-11H2,(H,17,18). The molecule has 2 aromatic rings. The number of anilines is 1. The number of benzene rings is 2. The second kappa shape index (κ2) is 7.36. The zero-order valence-corrected chi connectivity index (χ0v) is 12.7. The van der Waals surface area contributed by atoms with Crippen LogP contribution in [0.25, 0.3) is 0 Å². The van der Waals surface area contributed by atoms with Crippen molar-refractivity contribution in [2.24, 2.45) is 0 Å². The van der Waals surface area contributed by atoms with Gasteiger partial charge < -0.3 is 5.32 Å². The lowest BCUT2D eigenvalue weighted by Gasteiger charge is -2.05. The molecule has 2 aromatic carbocycles. The van der Waals surface area contributed by atoms with Crippen molar-refractivity contribution in [3.8, 4) is 0 Å². The van der Waals surface area contributed by atoms with E-state index >= 15 is 0 Å². The van der Waals surface area contributed by atoms with Crippen LogP contribution in [0.4, 0.5) is 5.69 Å². The average molecular weight is 336 g/mol. The van der Waals surface area contributed by atoms with Gasteiger partial charge in [-0.25, -0.2) is 0 Å². The lowest BCUT2D eigenvalue weighted by atomic mass is 10.2. The molecule has 0 aliphatic carbocycles. The summed E-state index contributed by atoms with van der Waals surface area (Å²) in [6, 6.07) is 17.7. The molecule has 0 aliphatic rings. The molecule has 0 unspecified atom stereocenters. The van der Waals surface area contributed by atoms with Crippen LogP contribution in [0.5, 0.6) is 0 Å². The molecular weight excluding hydrogens is 322 g/mol. The third-order valence-electron chi connectivity index (χ3n) is 2.47. The van der Waals surface area contributed by atoms with Crippen LogP contribution in [0.2, 0.25) is 0 Å². The van der Waals surface area contributed by atoms with E-state index in [4.69, 9.17) is 0 Å². The summed E-state index contributed by atoms with van der Waals surface area (Å²) in [6.07, 6.45) is 0. The third kappa shape index (κ3) is 5.09. The first-order chi connectivity index (χ1) is 9.24. The number of thioether (sulfide) groups is 1. The quantitative estimate of drug-likeness (QED) is 0.881. The van der Waals surface area contributed by atoms with Crippen LogP contribution in [0, 0.1) is 0 Å². The van der Waals surface area contributed by atoms with E-state index in [9.17, 15) is 4.79 Å². The van der Waals surface area contributed by atoms with Gasteiger partial charge in [0.1, 0.15) is 0 Å². The molecule has 0 bridgehead atoms. The molecule has 0 fully saturated rings. The maximum atomic E-state index is 11.7. The Bertz CT molecular complexity index is 528. The average Bonchev–Trinajstić information content (AvgIpc) is 2.42. The van der Waals surface area contributed by atoms with Crippen LogP contribution in [0.1, 0.15) is 5.56 Å². The van der Waals surface area contributed by atoms with E-state index in [-0.39, 0.29) is 5.91 Å². The van der Waals surface area contributed by atoms with Crippen molar-refractivity contribution in [1.29, 1.82) is 0 Å². The fourth-order valence-electron chi connectivity index (χ4n) is 1.56. The van der Waals surface area contributed by atoms with Crippen LogP contribution >= 0.6 is 27.7 Å². The first-order valence-corrected chi connectivity index (χ1v) is 7.86. The molecule has 0 saturated heterocycles. The van der Waals surface area contributed by atoms with E-state index in [1.165, 1.54) is 5.56 Å². The summed E-state index contributed by atoms with van der Waals surface area (Å²) in [6.45, 7) is 0. The van der Waals surface area contributed by atoms with Crippen molar-refractivity contribution >= 4 is 39.3 Å². The summed E-state index contributed by atoms with van der Waals surface area (Å²) in [5.41, 5.74) is 2.07. The molecule has 0 spiro atoms. The van der Waals surface area contributed by atoms with E-state index in [0.717, 1.165) is 15.9 Å². The Kier molecular flexibility index (Phi) is 5.48. The zero-order valence-electron chi connectivity index (χ0n) is 10.3. The van der Waals surface area contributed by atoms with Crippen LogP contribution in [-0.2, 0) is 10.5 Å². The number of halogens is 1. The molecule has 1 amide bonds. The van der Waals surface area contributed by atoms with Gasteiger partial charge in [0.05, 0.1) is 5.75 Å². The number of hydrogen-bond donors (Lipinski definition) is 1. The molecule has 0 saturated carbocycles. The van der Waals surface area contributed by atoms with E-state index in [0.29, 0.717) is 5.75 Å². The minimum atomic E-state index is 0.0355. The summed E-state index contributed by atoms with van der Waals surface area (Å²) in [4.78, 5) is 11.7. The molecule has 0 heterocycles. The van der Waals surface area contributed by atoms with Crippen LogP contribution in [0.3, 0.4) is 0 Å². The summed E-state index contributed by atoms with van der Waals surface area (Å²) in [5.74, 6) is 1.34. The topological polar surface area (TPSA) is 29.1 Å². The fourth-order valence-corrected chi connectivity index (χ4v) is 2.61. The lowest BCUT2D eigenvalue weighted by molar-refractivity contribution is -0.113. The largest absolute Gasteiger partial charge is 0.325 e. The van der Waals surface area contributed by atoms with Gasteiger partial charge in [-0.15, -0.1) is 11.8 Å². The molecule has 19 heavy (non-hydrogen) atoms. The molecule has 0 atom stereocenters. The molecule has 0 aromatic heterocycles. The highest BCUT2D eigenvalue weighted by Crippen LogP contribution is 2.16. The van der Waals surface area contributed by atoms with Crippen LogP contribution in [0.15, 0.2) is 59.1 Å². The Balaban J connectivity index is 1.74. The van der Waals surface area contributed by atoms with Crippen molar-refractivity contribution in [3.05, 3.63) is 64.6 Å². The van der Waals surface area contributed by atoms with Gasteiger partial charge in [-0.2, -0.15) is 0 Å². The summed E-state index contributed by atoms with van der Waals surface area (Å²) < 4.78 is 1.07. The Morgan fingerprint density at radius 2 is 1.74 bits per heavy atom. The molecule has 2 rings (SSSR count). The number of para-hydroxylation sites is 1. The number of nitrogens with one attached hydrogen (secondary N) is 1. The highest BCUT2D eigenvalue weighted by molar-refractivity contribution is 9.10. The van der Waals surface area contributed by atoms with Gasteiger partial charge in [0.25, 0.3) is 0 Å². The molecule has 1 N–H and O–H groups in total. The Morgan fingerprint density at radius 1 is 1.05 bits per heavy atom. The van der Waals surface area contributed by atoms with Gasteiger partial charge in [0, 0.05) is 15.9 Å². The number of hydrogen-bond acceptors (Lipinski definition) is 2. The number of carbonyl (C=O) groups is 1. The lowest BCUT2D eigenvalue weighted by Crippen LogP contribution is -2.13. The van der Waals surface area contributed by atoms with E-state index < -0.39 is 0 Å². The Morgan fingerprint density at radius 3 is 2.42 bits per heavy atom. The zero-order chi connectivity index (χ0) is 13.5. The minimum Gasteiger partial charge on any atom is -0.325 e. The highest BCUT2D eigenvalue weighted by atomic mass is 79.9. The van der Waals surface area contributed by atoms with Gasteiger partial charge in [-0.1, -0.05) is 46.3 Å². The molecule has 4 heteroatoms. The van der Waals surface area contributed by atoms with Gasteiger partial charge in [0.2, 0.25) is 5.91 Å². The van der Waals surface area contributed by atoms with Gasteiger partial charge in [-0.05, 0) is 29.8 Å². The monoisotopic (exact) mass is 335 g/mol. The molecule has 0 radical (unpaired) electrons. The second-order valence-electron chi connectivity index (χ2n) is 4.03. The second-order valence-corrected chi connectivity index (χ2v) is 5.93. The summed E-state index contributed by atoms with van der Waals surface area (Å²) in [5, 5.41) is 2.87. The molecule has 98 valence electrons. The van der Waals surface area contributed by atoms with Gasteiger partial charge in [-0.3, -0.25) is 4.79 Å². The first-order valence-electron chi connectivity index (χ1n) is 5.91. The minimum absolute atomic E-state index is 0.0355. The summed E-state index contributed by atoms with van der Waals surface area (Å²) >= 11 is 5.02. The van der Waals surface area contributed by atoms with Gasteiger partial charge in [0.15, 0.2) is 0 Å². The smallest absolute Gasteiger partial charge is 0.234 e. The van der Waals surface area contributed by atoms with Crippen molar-refractivity contribution in [2.75, 3.05) is 11.1 Å². The van der Waals surface area contributed by atoms with Crippen molar-refractivity contribution in [1.82, 2.24) is 0 Å². The third-order valence-corrected chi connectivity index (χ3v) is 4.01. The first kappa shape index (κ1) is 14.2. The van der Waals surface area contributed by atoms with E-state index in [1.807, 2.05) is 42.5 Å². The SMILES string of the molecule is O=C(CSCc1ccc(Br)cc1)Nc1ccccc1. The fraction of sp³-hybridized carbons (Fsp3) is 0.133. The number of carbonyl (C=O) groups excluding carboxylic acids is 1. The Hall–Kier alpha value is -1.26. The van der Waals surface area contributed by atoms with Crippen molar-refractivity contribution in [3.63, 3.8) is 0 Å². The van der Waals surface area contributed by atoms with Crippen LogP contribution < -0.4 is 5.32 Å². The predicted molar refractivity (Wildman–Crippen MR) is 85.4 cm³/mol. The van der Waals surface area contributed by atoms with E-state index in [2.05, 4.69) is 33.4 Å². The molecule has 2 nitrogen and oxygen atoms in total. The molecule has 0 aliphatic heterocycles. The summed E-state index contributed by atoms with van der Waals surface area (Å²) in [7, 11) is 0. The maximum absolute atomic E-state index is 11.7. The van der Waals surface area contributed by atoms with E-state index in [1.54, 1.807) is 11.8 Å². The van der Waals surface area contributed by atoms with Crippen LogP contribution in [-0.4, -0.2) is 11.7 Å². The van der Waals surface area contributed by atoms with Crippen molar-refractivity contribution in [2.45, 2.75) is 5.75 Å². The Labute approximate surface area is 125 Å². The number of rotatable bonds is 5. The normalized spacial score (nSPS) is 10.2. The van der Waals surface area contributed by atoms with Crippen molar-refractivity contribution < 1.29 is 4.79 Å². The molecular formula is C15H14BrNOS. The van der Waals surface area contributed by atoms with Gasteiger partial charge >= 0.3 is 0 Å². The number of amides is 1.